The molecule has 0 saturated heterocycles. The van der Waals surface area contributed by atoms with Gasteiger partial charge in [0.05, 0.1) is 10.6 Å². The molecular weight excluding hydrogens is 554 g/mol. The van der Waals surface area contributed by atoms with E-state index in [4.69, 9.17) is 0 Å². The summed E-state index contributed by atoms with van der Waals surface area (Å²) in [4.78, 5) is 28.0. The molecule has 0 aliphatic rings. The minimum Gasteiger partial charge on any atom is -0.355 e. The summed E-state index contributed by atoms with van der Waals surface area (Å²) in [7, 11) is -4.06. The third-order valence-electron chi connectivity index (χ3n) is 6.03. The highest BCUT2D eigenvalue weighted by atomic mass is 79.9. The lowest BCUT2D eigenvalue weighted by Crippen LogP contribution is -2.51. The Kier molecular flexibility index (Phi) is 9.88. The lowest BCUT2D eigenvalue weighted by atomic mass is 10.1. The van der Waals surface area contributed by atoms with Crippen LogP contribution in [0.2, 0.25) is 0 Å². The van der Waals surface area contributed by atoms with E-state index in [0.29, 0.717) is 12.2 Å². The number of aryl methyl sites for hydroxylation is 1. The van der Waals surface area contributed by atoms with Crippen molar-refractivity contribution in [3.8, 4) is 0 Å². The number of halogens is 1. The van der Waals surface area contributed by atoms with Crippen molar-refractivity contribution < 1.29 is 18.0 Å². The Balaban J connectivity index is 2.01. The molecule has 196 valence electrons. The van der Waals surface area contributed by atoms with Gasteiger partial charge in [-0.3, -0.25) is 13.9 Å². The van der Waals surface area contributed by atoms with E-state index in [1.54, 1.807) is 44.2 Å². The normalized spacial score (nSPS) is 12.0. The zero-order chi connectivity index (χ0) is 27.0. The first-order valence-electron chi connectivity index (χ1n) is 12.2. The van der Waals surface area contributed by atoms with Crippen LogP contribution in [0.25, 0.3) is 0 Å². The first-order valence-corrected chi connectivity index (χ1v) is 14.4. The first-order chi connectivity index (χ1) is 17.7. The van der Waals surface area contributed by atoms with Gasteiger partial charge in [-0.15, -0.1) is 0 Å². The molecule has 3 aromatic carbocycles. The Morgan fingerprint density at radius 2 is 1.49 bits per heavy atom. The van der Waals surface area contributed by atoms with Crippen LogP contribution < -0.4 is 9.62 Å². The maximum atomic E-state index is 13.8. The van der Waals surface area contributed by atoms with Crippen molar-refractivity contribution in [2.45, 2.75) is 44.7 Å². The summed E-state index contributed by atoms with van der Waals surface area (Å²) in [6.45, 7) is 5.58. The molecule has 3 rings (SSSR count). The molecule has 7 nitrogen and oxygen atoms in total. The summed E-state index contributed by atoms with van der Waals surface area (Å²) in [5, 5.41) is 2.76. The highest BCUT2D eigenvalue weighted by Crippen LogP contribution is 2.25. The second-order valence-corrected chi connectivity index (χ2v) is 11.3. The molecule has 1 atom stereocenters. The largest absolute Gasteiger partial charge is 0.355 e. The molecule has 0 radical (unpaired) electrons. The van der Waals surface area contributed by atoms with Crippen LogP contribution in [-0.2, 0) is 32.6 Å². The van der Waals surface area contributed by atoms with Crippen molar-refractivity contribution >= 4 is 43.5 Å². The van der Waals surface area contributed by atoms with Crippen LogP contribution in [0.5, 0.6) is 0 Å². The molecule has 0 bridgehead atoms. The lowest BCUT2D eigenvalue weighted by Gasteiger charge is -2.32. The summed E-state index contributed by atoms with van der Waals surface area (Å²) in [6.07, 6.45) is 0.801. The Hall–Kier alpha value is -3.17. The minimum absolute atomic E-state index is 0.0820. The molecule has 0 aliphatic carbocycles. The monoisotopic (exact) mass is 585 g/mol. The fourth-order valence-electron chi connectivity index (χ4n) is 3.84. The predicted molar refractivity (Wildman–Crippen MR) is 150 cm³/mol. The van der Waals surface area contributed by atoms with Gasteiger partial charge in [-0.1, -0.05) is 65.3 Å². The van der Waals surface area contributed by atoms with Crippen molar-refractivity contribution in [2.75, 3.05) is 17.4 Å². The van der Waals surface area contributed by atoms with Crippen molar-refractivity contribution in [3.63, 3.8) is 0 Å². The zero-order valence-corrected chi connectivity index (χ0v) is 23.6. The number of hydrogen-bond donors (Lipinski definition) is 1. The lowest BCUT2D eigenvalue weighted by molar-refractivity contribution is -0.139. The number of carbonyl (C=O) groups is 2. The van der Waals surface area contributed by atoms with Gasteiger partial charge in [-0.2, -0.15) is 0 Å². The van der Waals surface area contributed by atoms with Gasteiger partial charge >= 0.3 is 0 Å². The van der Waals surface area contributed by atoms with Gasteiger partial charge in [0.1, 0.15) is 12.6 Å². The van der Waals surface area contributed by atoms with Crippen LogP contribution in [0.1, 0.15) is 31.9 Å². The van der Waals surface area contributed by atoms with E-state index in [-0.39, 0.29) is 17.3 Å². The first kappa shape index (κ1) is 28.4. The smallest absolute Gasteiger partial charge is 0.264 e. The van der Waals surface area contributed by atoms with E-state index in [1.165, 1.54) is 17.0 Å². The molecule has 3 aromatic rings. The number of nitrogens with one attached hydrogen (secondary N) is 1. The molecule has 1 N–H and O–H groups in total. The Bertz CT molecular complexity index is 1300. The standard InChI is InChI=1S/C28H32BrN3O4S/c1-4-22-13-17-25(18-14-22)32(37(35,36)26-9-7-6-8-10-26)20-27(33)31(21(3)28(34)30-5-2)19-23-11-15-24(29)16-12-23/h6-18,21H,4-5,19-20H2,1-3H3,(H,30,34)/t21-/m1/s1. The molecule has 0 aliphatic heterocycles. The minimum atomic E-state index is -4.06. The van der Waals surface area contributed by atoms with Crippen LogP contribution in [0.15, 0.2) is 88.2 Å². The number of carbonyl (C=O) groups excluding carboxylic acids is 2. The number of anilines is 1. The molecule has 0 unspecified atom stereocenters. The molecule has 0 heterocycles. The Morgan fingerprint density at radius 3 is 2.05 bits per heavy atom. The molecule has 0 spiro atoms. The number of hydrogen-bond acceptors (Lipinski definition) is 4. The molecule has 2 amide bonds. The van der Waals surface area contributed by atoms with E-state index in [9.17, 15) is 18.0 Å². The van der Waals surface area contributed by atoms with E-state index < -0.39 is 28.5 Å². The summed E-state index contributed by atoms with van der Waals surface area (Å²) in [5.74, 6) is -0.793. The number of benzene rings is 3. The second kappa shape index (κ2) is 12.9. The van der Waals surface area contributed by atoms with Gasteiger partial charge < -0.3 is 10.2 Å². The summed E-state index contributed by atoms with van der Waals surface area (Å²) in [5.41, 5.74) is 2.25. The van der Waals surface area contributed by atoms with Crippen LogP contribution in [0.4, 0.5) is 5.69 Å². The third-order valence-corrected chi connectivity index (χ3v) is 8.34. The number of likely N-dealkylation sites (N-methyl/N-ethyl adjacent to an activating group) is 1. The van der Waals surface area contributed by atoms with E-state index in [1.807, 2.05) is 43.3 Å². The molecule has 37 heavy (non-hydrogen) atoms. The quantitative estimate of drug-likeness (QED) is 0.351. The molecular formula is C28H32BrN3O4S. The van der Waals surface area contributed by atoms with Gasteiger partial charge in [0.25, 0.3) is 10.0 Å². The average molecular weight is 587 g/mol. The Labute approximate surface area is 227 Å². The van der Waals surface area contributed by atoms with Crippen molar-refractivity contribution in [1.82, 2.24) is 10.2 Å². The van der Waals surface area contributed by atoms with Crippen molar-refractivity contribution in [1.29, 1.82) is 0 Å². The van der Waals surface area contributed by atoms with E-state index in [0.717, 1.165) is 26.3 Å². The summed E-state index contributed by atoms with van der Waals surface area (Å²) in [6, 6.07) is 21.8. The summed E-state index contributed by atoms with van der Waals surface area (Å²) >= 11 is 3.41. The topological polar surface area (TPSA) is 86.8 Å². The fraction of sp³-hybridized carbons (Fsp3) is 0.286. The molecule has 0 saturated carbocycles. The Morgan fingerprint density at radius 1 is 0.892 bits per heavy atom. The van der Waals surface area contributed by atoms with Gasteiger partial charge in [0.15, 0.2) is 0 Å². The second-order valence-electron chi connectivity index (χ2n) is 8.56. The predicted octanol–water partition coefficient (Wildman–Crippen LogP) is 4.76. The van der Waals surface area contributed by atoms with E-state index in [2.05, 4.69) is 21.2 Å². The van der Waals surface area contributed by atoms with Crippen LogP contribution in [0, 0.1) is 0 Å². The van der Waals surface area contributed by atoms with E-state index >= 15 is 0 Å². The van der Waals surface area contributed by atoms with Gasteiger partial charge in [0, 0.05) is 17.6 Å². The zero-order valence-electron chi connectivity index (χ0n) is 21.2. The molecule has 0 aromatic heterocycles. The van der Waals surface area contributed by atoms with Crippen molar-refractivity contribution in [2.24, 2.45) is 0 Å². The maximum Gasteiger partial charge on any atom is 0.264 e. The number of rotatable bonds is 11. The van der Waals surface area contributed by atoms with Gasteiger partial charge in [-0.05, 0) is 67.8 Å². The number of sulfonamides is 1. The van der Waals surface area contributed by atoms with Gasteiger partial charge in [0.2, 0.25) is 11.8 Å². The third kappa shape index (κ3) is 7.20. The maximum absolute atomic E-state index is 13.8. The summed E-state index contributed by atoms with van der Waals surface area (Å²) < 4.78 is 29.4. The van der Waals surface area contributed by atoms with Gasteiger partial charge in [-0.25, -0.2) is 8.42 Å². The number of nitrogens with zero attached hydrogens (tertiary/aromatic N) is 2. The van der Waals surface area contributed by atoms with Crippen LogP contribution >= 0.6 is 15.9 Å². The van der Waals surface area contributed by atoms with Crippen LogP contribution in [-0.4, -0.2) is 44.3 Å². The highest BCUT2D eigenvalue weighted by molar-refractivity contribution is 9.10. The SMILES string of the molecule is CCNC(=O)[C@@H](C)N(Cc1ccc(Br)cc1)C(=O)CN(c1ccc(CC)cc1)S(=O)(=O)c1ccccc1. The average Bonchev–Trinajstić information content (AvgIpc) is 2.91. The molecule has 9 heteroatoms. The van der Waals surface area contributed by atoms with Crippen LogP contribution in [0.3, 0.4) is 0 Å². The molecule has 0 fully saturated rings. The van der Waals surface area contributed by atoms with Crippen molar-refractivity contribution in [3.05, 3.63) is 94.5 Å². The number of amides is 2. The highest BCUT2D eigenvalue weighted by Gasteiger charge is 2.32. The fourth-order valence-corrected chi connectivity index (χ4v) is 5.54.